The van der Waals surface area contributed by atoms with Gasteiger partial charge in [0, 0.05) is 17.3 Å². The van der Waals surface area contributed by atoms with Gasteiger partial charge in [-0.2, -0.15) is 18.2 Å². The first-order valence-electron chi connectivity index (χ1n) is 11.4. The fourth-order valence-corrected chi connectivity index (χ4v) is 4.50. The van der Waals surface area contributed by atoms with Crippen LogP contribution in [0.25, 0.3) is 0 Å². The van der Waals surface area contributed by atoms with Gasteiger partial charge in [-0.1, -0.05) is 6.07 Å². The zero-order chi connectivity index (χ0) is 23.8. The molecule has 2 heterocycles. The monoisotopic (exact) mass is 463 g/mol. The van der Waals surface area contributed by atoms with Gasteiger partial charge >= 0.3 is 6.18 Å². The second-order valence-electron chi connectivity index (χ2n) is 9.89. The minimum absolute atomic E-state index is 0.183. The topological polar surface area (TPSA) is 91.1 Å². The number of alkyl halides is 3. The number of nitrogens with zero attached hydrogens (tertiary/aromatic N) is 3. The maximum absolute atomic E-state index is 13.2. The molecule has 0 radical (unpaired) electrons. The molecule has 1 aromatic heterocycles. The molecular formula is C23H32F3N7. The molecule has 33 heavy (non-hydrogen) atoms. The Balaban J connectivity index is 1.63. The fraction of sp³-hybridized carbons (Fsp3) is 0.565. The highest BCUT2D eigenvalue weighted by molar-refractivity contribution is 5.74. The first-order valence-corrected chi connectivity index (χ1v) is 11.4. The van der Waals surface area contributed by atoms with Crippen molar-refractivity contribution in [2.75, 3.05) is 27.4 Å². The molecule has 10 heteroatoms. The maximum Gasteiger partial charge on any atom is 0.416 e. The molecular weight excluding hydrogens is 431 g/mol. The lowest BCUT2D eigenvalue weighted by Crippen LogP contribution is -2.49. The molecule has 1 aliphatic heterocycles. The SMILES string of the molecule is CC(C)(C)Nc1ncc2c(n1)N(C1CCC(CN)CC1)C(Nc1cccc(C(F)(F)F)c1)N2. The number of hydrogen-bond donors (Lipinski definition) is 4. The van der Waals surface area contributed by atoms with Crippen molar-refractivity contribution in [3.8, 4) is 0 Å². The van der Waals surface area contributed by atoms with Crippen LogP contribution in [0.1, 0.15) is 52.0 Å². The van der Waals surface area contributed by atoms with Crippen LogP contribution in [0.2, 0.25) is 0 Å². The van der Waals surface area contributed by atoms with E-state index in [9.17, 15) is 13.2 Å². The highest BCUT2D eigenvalue weighted by Gasteiger charge is 2.38. The Morgan fingerprint density at radius 3 is 2.52 bits per heavy atom. The summed E-state index contributed by atoms with van der Waals surface area (Å²) in [6.45, 7) is 6.78. The van der Waals surface area contributed by atoms with Crippen molar-refractivity contribution in [1.82, 2.24) is 9.97 Å². The molecule has 1 atom stereocenters. The van der Waals surface area contributed by atoms with Crippen LogP contribution in [0, 0.1) is 5.92 Å². The van der Waals surface area contributed by atoms with Gasteiger partial charge in [-0.05, 0) is 77.1 Å². The second-order valence-corrected chi connectivity index (χ2v) is 9.89. The zero-order valence-electron chi connectivity index (χ0n) is 19.2. The number of rotatable bonds is 5. The van der Waals surface area contributed by atoms with E-state index in [1.54, 1.807) is 12.3 Å². The summed E-state index contributed by atoms with van der Waals surface area (Å²) < 4.78 is 39.7. The average Bonchev–Trinajstić information content (AvgIpc) is 3.09. The molecule has 1 saturated carbocycles. The van der Waals surface area contributed by atoms with Crippen molar-refractivity contribution in [3.05, 3.63) is 36.0 Å². The molecule has 0 bridgehead atoms. The maximum atomic E-state index is 13.2. The van der Waals surface area contributed by atoms with Gasteiger partial charge in [-0.3, -0.25) is 0 Å². The van der Waals surface area contributed by atoms with Crippen molar-refractivity contribution < 1.29 is 13.2 Å². The number of nitrogens with one attached hydrogen (secondary N) is 3. The summed E-state index contributed by atoms with van der Waals surface area (Å²) in [6.07, 6.45) is 0.794. The van der Waals surface area contributed by atoms with Crippen LogP contribution in [-0.2, 0) is 6.18 Å². The number of nitrogens with two attached hydrogens (primary N) is 1. The molecule has 1 aromatic carbocycles. The van der Waals surface area contributed by atoms with Crippen LogP contribution >= 0.6 is 0 Å². The van der Waals surface area contributed by atoms with Gasteiger partial charge in [0.15, 0.2) is 12.1 Å². The molecule has 0 amide bonds. The minimum Gasteiger partial charge on any atom is -0.350 e. The van der Waals surface area contributed by atoms with E-state index in [1.165, 1.54) is 6.07 Å². The molecule has 1 fully saturated rings. The van der Waals surface area contributed by atoms with E-state index < -0.39 is 18.0 Å². The standard InChI is InChI=1S/C23H32F3N7/c1-22(2,3)32-20-28-13-18-19(31-20)33(17-9-7-14(12-27)8-10-17)21(30-18)29-16-6-4-5-15(11-16)23(24,25)26/h4-6,11,13-14,17,21,29-30H,7-10,12,27H2,1-3H3,(H,28,31,32). The first-order chi connectivity index (χ1) is 15.5. The Hall–Kier alpha value is -2.75. The summed E-state index contributed by atoms with van der Waals surface area (Å²) in [5, 5.41) is 9.90. The zero-order valence-corrected chi connectivity index (χ0v) is 19.2. The van der Waals surface area contributed by atoms with Crippen LogP contribution in [0.15, 0.2) is 30.5 Å². The van der Waals surface area contributed by atoms with Crippen LogP contribution in [-0.4, -0.2) is 34.4 Å². The number of fused-ring (bicyclic) bond motifs is 1. The predicted octanol–water partition coefficient (Wildman–Crippen LogP) is 4.85. The molecule has 0 spiro atoms. The van der Waals surface area contributed by atoms with E-state index in [0.29, 0.717) is 24.1 Å². The molecule has 4 rings (SSSR count). The normalized spacial score (nSPS) is 23.1. The number of hydrogen-bond acceptors (Lipinski definition) is 7. The molecule has 180 valence electrons. The third-order valence-electron chi connectivity index (χ3n) is 6.11. The predicted molar refractivity (Wildman–Crippen MR) is 125 cm³/mol. The van der Waals surface area contributed by atoms with E-state index in [4.69, 9.17) is 10.7 Å². The fourth-order valence-electron chi connectivity index (χ4n) is 4.50. The van der Waals surface area contributed by atoms with Crippen molar-refractivity contribution in [2.24, 2.45) is 11.7 Å². The number of halogens is 3. The summed E-state index contributed by atoms with van der Waals surface area (Å²) in [7, 11) is 0. The molecule has 1 aliphatic carbocycles. The Morgan fingerprint density at radius 1 is 1.15 bits per heavy atom. The number of benzene rings is 1. The summed E-state index contributed by atoms with van der Waals surface area (Å²) in [5.41, 5.74) is 6.12. The highest BCUT2D eigenvalue weighted by atomic mass is 19.4. The van der Waals surface area contributed by atoms with E-state index in [1.807, 2.05) is 20.8 Å². The van der Waals surface area contributed by atoms with Gasteiger partial charge in [0.1, 0.15) is 0 Å². The Labute approximate surface area is 192 Å². The van der Waals surface area contributed by atoms with Crippen LogP contribution < -0.4 is 26.6 Å². The van der Waals surface area contributed by atoms with E-state index in [-0.39, 0.29) is 11.6 Å². The van der Waals surface area contributed by atoms with Crippen LogP contribution in [0.5, 0.6) is 0 Å². The Morgan fingerprint density at radius 2 is 1.88 bits per heavy atom. The average molecular weight is 464 g/mol. The summed E-state index contributed by atoms with van der Waals surface area (Å²) in [6, 6.07) is 5.44. The summed E-state index contributed by atoms with van der Waals surface area (Å²) in [4.78, 5) is 11.4. The lowest BCUT2D eigenvalue weighted by Gasteiger charge is -2.38. The number of anilines is 4. The van der Waals surface area contributed by atoms with Crippen molar-refractivity contribution in [2.45, 2.75) is 70.5 Å². The van der Waals surface area contributed by atoms with Crippen LogP contribution in [0.4, 0.5) is 36.3 Å². The molecule has 5 N–H and O–H groups in total. The molecule has 0 saturated heterocycles. The molecule has 1 unspecified atom stereocenters. The second kappa shape index (κ2) is 8.89. The van der Waals surface area contributed by atoms with Gasteiger partial charge in [-0.15, -0.1) is 0 Å². The minimum atomic E-state index is -4.40. The van der Waals surface area contributed by atoms with Gasteiger partial charge in [0.25, 0.3) is 0 Å². The van der Waals surface area contributed by atoms with E-state index in [0.717, 1.165) is 49.3 Å². The Bertz CT molecular complexity index is 965. The Kier molecular flexibility index (Phi) is 6.30. The molecule has 7 nitrogen and oxygen atoms in total. The van der Waals surface area contributed by atoms with Crippen molar-refractivity contribution in [1.29, 1.82) is 0 Å². The first kappa shape index (κ1) is 23.4. The highest BCUT2D eigenvalue weighted by Crippen LogP contribution is 2.40. The van der Waals surface area contributed by atoms with Gasteiger partial charge in [-0.25, -0.2) is 4.98 Å². The van der Waals surface area contributed by atoms with Gasteiger partial charge in [0.05, 0.1) is 17.4 Å². The molecule has 2 aromatic rings. The number of aromatic nitrogens is 2. The van der Waals surface area contributed by atoms with Gasteiger partial charge in [0.2, 0.25) is 5.95 Å². The third-order valence-corrected chi connectivity index (χ3v) is 6.11. The van der Waals surface area contributed by atoms with Crippen LogP contribution in [0.3, 0.4) is 0 Å². The summed E-state index contributed by atoms with van der Waals surface area (Å²) >= 11 is 0. The lowest BCUT2D eigenvalue weighted by atomic mass is 9.85. The third kappa shape index (κ3) is 5.43. The van der Waals surface area contributed by atoms with Crippen molar-refractivity contribution in [3.63, 3.8) is 0 Å². The lowest BCUT2D eigenvalue weighted by molar-refractivity contribution is -0.137. The van der Waals surface area contributed by atoms with Gasteiger partial charge < -0.3 is 26.6 Å². The van der Waals surface area contributed by atoms with E-state index >= 15 is 0 Å². The van der Waals surface area contributed by atoms with Crippen molar-refractivity contribution >= 4 is 23.1 Å². The van der Waals surface area contributed by atoms with E-state index in [2.05, 4.69) is 25.8 Å². The summed E-state index contributed by atoms with van der Waals surface area (Å²) in [5.74, 6) is 1.77. The smallest absolute Gasteiger partial charge is 0.350 e. The quantitative estimate of drug-likeness (QED) is 0.504. The largest absolute Gasteiger partial charge is 0.416 e. The molecule has 2 aliphatic rings.